The summed E-state index contributed by atoms with van der Waals surface area (Å²) < 4.78 is 0. The fraction of sp³-hybridized carbons (Fsp3) is 0.654. The Morgan fingerprint density at radius 3 is 1.46 bits per heavy atom. The van der Waals surface area contributed by atoms with Crippen LogP contribution >= 0.6 is 24.4 Å². The van der Waals surface area contributed by atoms with E-state index < -0.39 is 109 Å². The van der Waals surface area contributed by atoms with Gasteiger partial charge in [0.1, 0.15) is 30.2 Å². The van der Waals surface area contributed by atoms with Crippen LogP contribution in [0.1, 0.15) is 44.9 Å². The van der Waals surface area contributed by atoms with Gasteiger partial charge in [-0.2, -0.15) is 24.4 Å². The van der Waals surface area contributed by atoms with Crippen LogP contribution in [0, 0.1) is 0 Å². The molecule has 0 spiro atoms. The fourth-order valence-corrected chi connectivity index (χ4v) is 4.62. The number of nitrogens with two attached hydrogens (primary N) is 3. The van der Waals surface area contributed by atoms with Crippen LogP contribution in [-0.2, 0) is 43.2 Å². The Bertz CT molecular complexity index is 1180. The minimum atomic E-state index is -1.80. The standard InChI is InChI=1S/C26H44N8O12S2/c1-48-7-5-14(31-24(43)15(9-19(36)37)32-21(40)12(28)8-18(29)35)23(42)33-16(10-20(38)39)25(44)30-13(4-2-3-6-27)22(41)34-17(11-47)26(45)46/h12-17,47H,2-11,27-28H2,1H3,(H2,29,35)(H,30,44)(H,31,43)(H,32,40)(H,33,42)(H,34,41)(H,36,37)(H,38,39)(H,45,46)/t12-,13-,14-,15-,16-,17-/m0/s1. The molecule has 0 aliphatic rings. The van der Waals surface area contributed by atoms with E-state index in [1.165, 1.54) is 11.8 Å². The minimum absolute atomic E-state index is 0.0202. The molecule has 272 valence electrons. The second-order valence-corrected chi connectivity index (χ2v) is 11.7. The average Bonchev–Trinajstić information content (AvgIpc) is 2.99. The van der Waals surface area contributed by atoms with Gasteiger partial charge in [0.2, 0.25) is 35.4 Å². The Labute approximate surface area is 285 Å². The monoisotopic (exact) mass is 724 g/mol. The number of nitrogens with one attached hydrogen (secondary N) is 5. The fourth-order valence-electron chi connectivity index (χ4n) is 3.90. The molecule has 6 atom stereocenters. The molecular weight excluding hydrogens is 680 g/mol. The van der Waals surface area contributed by atoms with Crippen molar-refractivity contribution in [2.45, 2.75) is 81.2 Å². The van der Waals surface area contributed by atoms with E-state index in [1.54, 1.807) is 6.26 Å². The molecule has 0 rings (SSSR count). The van der Waals surface area contributed by atoms with E-state index in [4.69, 9.17) is 17.2 Å². The van der Waals surface area contributed by atoms with Crippen LogP contribution in [0.5, 0.6) is 0 Å². The molecule has 0 bridgehead atoms. The zero-order chi connectivity index (χ0) is 37.0. The van der Waals surface area contributed by atoms with Gasteiger partial charge in [-0.3, -0.25) is 38.4 Å². The number of unbranched alkanes of at least 4 members (excludes halogenated alkanes) is 1. The molecule has 0 heterocycles. The molecule has 0 saturated carbocycles. The highest BCUT2D eigenvalue weighted by atomic mass is 32.2. The predicted octanol–water partition coefficient (Wildman–Crippen LogP) is -4.54. The summed E-state index contributed by atoms with van der Waals surface area (Å²) in [5, 5.41) is 39.1. The van der Waals surface area contributed by atoms with E-state index >= 15 is 0 Å². The molecule has 0 radical (unpaired) electrons. The molecule has 0 aliphatic heterocycles. The topological polar surface area (TPSA) is 353 Å². The van der Waals surface area contributed by atoms with Gasteiger partial charge in [-0.1, -0.05) is 0 Å². The van der Waals surface area contributed by atoms with Crippen LogP contribution in [-0.4, -0.2) is 129 Å². The number of carboxylic acids is 3. The maximum Gasteiger partial charge on any atom is 0.327 e. The normalized spacial score (nSPS) is 14.5. The number of aliphatic carboxylic acids is 3. The zero-order valence-electron chi connectivity index (χ0n) is 26.1. The molecular formula is C26H44N8O12S2. The molecule has 0 aromatic carbocycles. The Hall–Kier alpha value is -4.15. The second-order valence-electron chi connectivity index (χ2n) is 10.4. The molecule has 0 aromatic heterocycles. The van der Waals surface area contributed by atoms with Gasteiger partial charge in [-0.25, -0.2) is 4.79 Å². The molecule has 0 fully saturated rings. The summed E-state index contributed by atoms with van der Waals surface area (Å²) in [5.74, 6) is -10.7. The number of primary amides is 1. The van der Waals surface area contributed by atoms with Gasteiger partial charge in [-0.15, -0.1) is 0 Å². The molecule has 0 aliphatic carbocycles. The summed E-state index contributed by atoms with van der Waals surface area (Å²) in [7, 11) is 0. The predicted molar refractivity (Wildman–Crippen MR) is 173 cm³/mol. The Balaban J connectivity index is 6.09. The number of hydrogen-bond acceptors (Lipinski definition) is 13. The van der Waals surface area contributed by atoms with E-state index in [0.717, 1.165) is 0 Å². The number of amides is 6. The Morgan fingerprint density at radius 1 is 0.646 bits per heavy atom. The van der Waals surface area contributed by atoms with Crippen LogP contribution in [0.15, 0.2) is 0 Å². The summed E-state index contributed by atoms with van der Waals surface area (Å²) >= 11 is 5.13. The number of rotatable bonds is 25. The SMILES string of the molecule is CSCC[C@H](NC(=O)[C@H](CC(=O)O)NC(=O)[C@@H](N)CC(N)=O)C(=O)N[C@@H](CC(=O)O)C(=O)N[C@@H](CCCCN)C(=O)N[C@@H](CS)C(=O)O. The molecule has 0 aromatic rings. The summed E-state index contributed by atoms with van der Waals surface area (Å²) in [6.45, 7) is 0.245. The van der Waals surface area contributed by atoms with E-state index in [2.05, 4.69) is 39.2 Å². The van der Waals surface area contributed by atoms with Gasteiger partial charge in [-0.05, 0) is 44.2 Å². The first-order chi connectivity index (χ1) is 22.5. The van der Waals surface area contributed by atoms with Crippen LogP contribution in [0.3, 0.4) is 0 Å². The third-order valence-corrected chi connectivity index (χ3v) is 7.41. The molecule has 0 saturated heterocycles. The van der Waals surface area contributed by atoms with Gasteiger partial charge in [0, 0.05) is 5.75 Å². The Kier molecular flexibility index (Phi) is 21.2. The van der Waals surface area contributed by atoms with Gasteiger partial charge in [0.15, 0.2) is 0 Å². The smallest absolute Gasteiger partial charge is 0.327 e. The third kappa shape index (κ3) is 17.7. The van der Waals surface area contributed by atoms with Crippen molar-refractivity contribution in [1.29, 1.82) is 0 Å². The molecule has 48 heavy (non-hydrogen) atoms. The highest BCUT2D eigenvalue weighted by Gasteiger charge is 2.34. The number of carbonyl (C=O) groups excluding carboxylic acids is 6. The second kappa shape index (κ2) is 23.2. The zero-order valence-corrected chi connectivity index (χ0v) is 27.8. The lowest BCUT2D eigenvalue weighted by Gasteiger charge is -2.26. The average molecular weight is 725 g/mol. The summed E-state index contributed by atoms with van der Waals surface area (Å²) in [6.07, 6.45) is -0.234. The van der Waals surface area contributed by atoms with Crippen molar-refractivity contribution in [1.82, 2.24) is 26.6 Å². The number of thioether (sulfide) groups is 1. The van der Waals surface area contributed by atoms with Crippen LogP contribution in [0.25, 0.3) is 0 Å². The molecule has 22 heteroatoms. The van der Waals surface area contributed by atoms with Crippen molar-refractivity contribution in [2.75, 3.05) is 24.3 Å². The van der Waals surface area contributed by atoms with Gasteiger partial charge < -0.3 is 59.1 Å². The molecule has 14 N–H and O–H groups in total. The largest absolute Gasteiger partial charge is 0.481 e. The van der Waals surface area contributed by atoms with Crippen molar-refractivity contribution in [3.05, 3.63) is 0 Å². The number of thiol groups is 1. The number of carboxylic acid groups (broad SMARTS) is 3. The van der Waals surface area contributed by atoms with Crippen LogP contribution in [0.4, 0.5) is 0 Å². The molecule has 20 nitrogen and oxygen atoms in total. The van der Waals surface area contributed by atoms with Gasteiger partial charge in [0.05, 0.1) is 25.3 Å². The molecule has 0 unspecified atom stereocenters. The van der Waals surface area contributed by atoms with Crippen LogP contribution < -0.4 is 43.8 Å². The summed E-state index contributed by atoms with van der Waals surface area (Å²) in [5.41, 5.74) is 16.1. The van der Waals surface area contributed by atoms with E-state index in [-0.39, 0.29) is 30.9 Å². The van der Waals surface area contributed by atoms with Crippen molar-refractivity contribution >= 4 is 77.7 Å². The highest BCUT2D eigenvalue weighted by molar-refractivity contribution is 7.98. The minimum Gasteiger partial charge on any atom is -0.481 e. The third-order valence-electron chi connectivity index (χ3n) is 6.40. The van der Waals surface area contributed by atoms with Crippen molar-refractivity contribution in [3.8, 4) is 0 Å². The van der Waals surface area contributed by atoms with Crippen LogP contribution in [0.2, 0.25) is 0 Å². The lowest BCUT2D eigenvalue weighted by atomic mass is 10.1. The maximum absolute atomic E-state index is 13.3. The number of hydrogen-bond donors (Lipinski definition) is 12. The van der Waals surface area contributed by atoms with E-state index in [0.29, 0.717) is 12.8 Å². The van der Waals surface area contributed by atoms with Gasteiger partial charge in [0.25, 0.3) is 0 Å². The van der Waals surface area contributed by atoms with Crippen molar-refractivity contribution < 1.29 is 58.5 Å². The van der Waals surface area contributed by atoms with E-state index in [9.17, 15) is 58.5 Å². The maximum atomic E-state index is 13.3. The molecule has 6 amide bonds. The summed E-state index contributed by atoms with van der Waals surface area (Å²) in [4.78, 5) is 110. The summed E-state index contributed by atoms with van der Waals surface area (Å²) in [6, 6.07) is -9.30. The lowest BCUT2D eigenvalue weighted by Crippen LogP contribution is -2.60. The Morgan fingerprint density at radius 2 is 1.06 bits per heavy atom. The van der Waals surface area contributed by atoms with Gasteiger partial charge >= 0.3 is 17.9 Å². The lowest BCUT2D eigenvalue weighted by molar-refractivity contribution is -0.143. The van der Waals surface area contributed by atoms with Crippen molar-refractivity contribution in [2.24, 2.45) is 17.2 Å². The quantitative estimate of drug-likeness (QED) is 0.0312. The van der Waals surface area contributed by atoms with E-state index in [1.807, 2.05) is 0 Å². The first-order valence-electron chi connectivity index (χ1n) is 14.5. The van der Waals surface area contributed by atoms with Crippen molar-refractivity contribution in [3.63, 3.8) is 0 Å². The first kappa shape index (κ1) is 43.9. The number of carbonyl (C=O) groups is 9. The highest BCUT2D eigenvalue weighted by Crippen LogP contribution is 2.07. The first-order valence-corrected chi connectivity index (χ1v) is 16.5.